The van der Waals surface area contributed by atoms with Crippen LogP contribution in [-0.4, -0.2) is 27.5 Å². The van der Waals surface area contributed by atoms with Crippen LogP contribution < -0.4 is 0 Å². The van der Waals surface area contributed by atoms with Gasteiger partial charge in [-0.15, -0.1) is 0 Å². The summed E-state index contributed by atoms with van der Waals surface area (Å²) in [6, 6.07) is 16.0. The molecule has 4 rings (SSSR count). The number of fused-ring (bicyclic) bond motifs is 1. The highest BCUT2D eigenvalue weighted by molar-refractivity contribution is 5.95. The molecule has 3 aromatic rings. The minimum absolute atomic E-state index is 0.0183. The van der Waals surface area contributed by atoms with Gasteiger partial charge in [0.1, 0.15) is 0 Å². The van der Waals surface area contributed by atoms with Crippen LogP contribution in [0.15, 0.2) is 48.5 Å². The van der Waals surface area contributed by atoms with Crippen molar-refractivity contribution in [2.45, 2.75) is 92.5 Å². The van der Waals surface area contributed by atoms with Gasteiger partial charge in [0.25, 0.3) is 5.91 Å². The van der Waals surface area contributed by atoms with Crippen LogP contribution in [0.1, 0.15) is 96.9 Å². The number of carboxylic acids is 1. The van der Waals surface area contributed by atoms with Crippen LogP contribution in [0, 0.1) is 20.8 Å². The lowest BCUT2D eigenvalue weighted by Gasteiger charge is -2.29. The fourth-order valence-electron chi connectivity index (χ4n) is 5.47. The second kappa shape index (κ2) is 10.3. The fraction of sp³-hybridized carbons (Fsp3) is 0.412. The Kier molecular flexibility index (Phi) is 7.52. The molecular formula is C34H41NO4. The van der Waals surface area contributed by atoms with Gasteiger partial charge in [0, 0.05) is 24.2 Å². The quantitative estimate of drug-likeness (QED) is 0.370. The van der Waals surface area contributed by atoms with E-state index in [-0.39, 0.29) is 11.3 Å². The summed E-state index contributed by atoms with van der Waals surface area (Å²) in [6.45, 7) is 19.0. The van der Waals surface area contributed by atoms with Crippen molar-refractivity contribution >= 4 is 11.9 Å². The largest absolute Gasteiger partial charge is 0.479 e. The third-order valence-electron chi connectivity index (χ3n) is 7.58. The normalized spacial score (nSPS) is 14.3. The van der Waals surface area contributed by atoms with Gasteiger partial charge >= 0.3 is 5.97 Å². The van der Waals surface area contributed by atoms with E-state index in [1.54, 1.807) is 0 Å². The van der Waals surface area contributed by atoms with Gasteiger partial charge in [-0.05, 0) is 98.0 Å². The predicted molar refractivity (Wildman–Crippen MR) is 156 cm³/mol. The van der Waals surface area contributed by atoms with E-state index < -0.39 is 17.7 Å². The Morgan fingerprint density at radius 3 is 2.00 bits per heavy atom. The summed E-state index contributed by atoms with van der Waals surface area (Å²) < 4.78 is 6.18. The first-order valence-corrected chi connectivity index (χ1v) is 13.6. The molecular weight excluding hydrogens is 486 g/mol. The lowest BCUT2D eigenvalue weighted by atomic mass is 9.83. The summed E-state index contributed by atoms with van der Waals surface area (Å²) >= 11 is 0. The van der Waals surface area contributed by atoms with Crippen molar-refractivity contribution in [3.63, 3.8) is 0 Å². The van der Waals surface area contributed by atoms with Crippen molar-refractivity contribution in [1.82, 2.24) is 4.90 Å². The molecule has 1 aliphatic heterocycles. The van der Waals surface area contributed by atoms with Crippen LogP contribution in [0.3, 0.4) is 0 Å². The minimum atomic E-state index is -1.14. The van der Waals surface area contributed by atoms with E-state index in [4.69, 9.17) is 4.74 Å². The van der Waals surface area contributed by atoms with E-state index >= 15 is 0 Å². The van der Waals surface area contributed by atoms with Crippen molar-refractivity contribution in [3.05, 3.63) is 93.0 Å². The molecule has 1 atom stereocenters. The highest BCUT2D eigenvalue weighted by Gasteiger charge is 2.36. The molecule has 206 valence electrons. The molecule has 1 heterocycles. The Balaban J connectivity index is 1.86. The number of carboxylic acid groups (broad SMARTS) is 1. The lowest BCUT2D eigenvalue weighted by Crippen LogP contribution is -2.28. The number of amides is 1. The molecule has 39 heavy (non-hydrogen) atoms. The van der Waals surface area contributed by atoms with Gasteiger partial charge in [-0.2, -0.15) is 0 Å². The topological polar surface area (TPSA) is 66.8 Å². The van der Waals surface area contributed by atoms with E-state index in [0.29, 0.717) is 24.2 Å². The van der Waals surface area contributed by atoms with Crippen molar-refractivity contribution in [2.75, 3.05) is 0 Å². The van der Waals surface area contributed by atoms with Gasteiger partial charge in [0.15, 0.2) is 6.10 Å². The highest BCUT2D eigenvalue weighted by atomic mass is 16.5. The second-order valence-corrected chi connectivity index (χ2v) is 12.8. The maximum Gasteiger partial charge on any atom is 0.337 e. The number of aliphatic carboxylic acids is 1. The van der Waals surface area contributed by atoms with Crippen LogP contribution in [0.4, 0.5) is 0 Å². The molecule has 0 saturated heterocycles. The Hall–Kier alpha value is -3.44. The number of carbonyl (C=O) groups excluding carboxylic acids is 1. The van der Waals surface area contributed by atoms with E-state index in [1.807, 2.05) is 88.9 Å². The molecule has 0 fully saturated rings. The third-order valence-corrected chi connectivity index (χ3v) is 7.58. The molecule has 0 bridgehead atoms. The summed E-state index contributed by atoms with van der Waals surface area (Å²) in [5, 5.41) is 10.4. The maximum absolute atomic E-state index is 13.7. The van der Waals surface area contributed by atoms with E-state index in [1.165, 1.54) is 0 Å². The molecule has 1 amide bonds. The van der Waals surface area contributed by atoms with Crippen molar-refractivity contribution in [3.8, 4) is 11.1 Å². The molecule has 3 aromatic carbocycles. The average Bonchev–Trinajstić information content (AvgIpc) is 3.30. The summed E-state index contributed by atoms with van der Waals surface area (Å²) in [5.74, 6) is -1.04. The van der Waals surface area contributed by atoms with Crippen molar-refractivity contribution < 1.29 is 19.4 Å². The fourth-order valence-corrected chi connectivity index (χ4v) is 5.47. The lowest BCUT2D eigenvalue weighted by molar-refractivity contribution is -0.160. The highest BCUT2D eigenvalue weighted by Crippen LogP contribution is 2.44. The van der Waals surface area contributed by atoms with Crippen molar-refractivity contribution in [1.29, 1.82) is 0 Å². The van der Waals surface area contributed by atoms with Gasteiger partial charge in [-0.25, -0.2) is 4.79 Å². The summed E-state index contributed by atoms with van der Waals surface area (Å²) in [7, 11) is 0. The molecule has 0 saturated carbocycles. The van der Waals surface area contributed by atoms with Crippen LogP contribution in [0.25, 0.3) is 11.1 Å². The number of aryl methyl sites for hydroxylation is 1. The smallest absolute Gasteiger partial charge is 0.337 e. The summed E-state index contributed by atoms with van der Waals surface area (Å²) in [6.07, 6.45) is -1.14. The first-order valence-electron chi connectivity index (χ1n) is 13.6. The van der Waals surface area contributed by atoms with Gasteiger partial charge < -0.3 is 14.7 Å². The Morgan fingerprint density at radius 1 is 0.872 bits per heavy atom. The average molecular weight is 528 g/mol. The number of hydrogen-bond acceptors (Lipinski definition) is 3. The van der Waals surface area contributed by atoms with Gasteiger partial charge in [0.2, 0.25) is 0 Å². The maximum atomic E-state index is 13.7. The summed E-state index contributed by atoms with van der Waals surface area (Å²) in [5.41, 5.74) is 8.67. The number of benzene rings is 3. The van der Waals surface area contributed by atoms with Gasteiger partial charge in [0.05, 0.1) is 5.60 Å². The molecule has 1 unspecified atom stereocenters. The molecule has 1 N–H and O–H groups in total. The third kappa shape index (κ3) is 5.79. The number of hydrogen-bond donors (Lipinski definition) is 1. The molecule has 1 aliphatic rings. The molecule has 5 heteroatoms. The molecule has 0 spiro atoms. The zero-order chi connectivity index (χ0) is 28.9. The number of ether oxygens (including phenoxy) is 1. The second-order valence-electron chi connectivity index (χ2n) is 12.8. The first kappa shape index (κ1) is 28.6. The van der Waals surface area contributed by atoms with E-state index in [0.717, 1.165) is 44.5 Å². The standard InChI is InChI=1S/C34H41NO4/c1-20-13-15-23(16-14-20)28-21(2)26-18-35(31(36)24-11-10-12-25(17-24)33(4,5)6)19-27(26)22(3)29(28)30(32(37)38)39-34(7,8)9/h10-17,30H,18-19H2,1-9H3,(H,37,38). The van der Waals surface area contributed by atoms with Crippen LogP contribution in [-0.2, 0) is 28.0 Å². The Bertz CT molecular complexity index is 1420. The number of rotatable bonds is 5. The zero-order valence-corrected chi connectivity index (χ0v) is 24.7. The van der Waals surface area contributed by atoms with E-state index in [2.05, 4.69) is 26.8 Å². The molecule has 0 radical (unpaired) electrons. The van der Waals surface area contributed by atoms with Crippen molar-refractivity contribution in [2.24, 2.45) is 0 Å². The van der Waals surface area contributed by atoms with Crippen LogP contribution >= 0.6 is 0 Å². The monoisotopic (exact) mass is 527 g/mol. The van der Waals surface area contributed by atoms with Crippen LogP contribution in [0.5, 0.6) is 0 Å². The SMILES string of the molecule is Cc1ccc(-c2c(C)c3c(c(C)c2C(OC(C)(C)C)C(=O)O)CN(C(=O)c2cccc(C(C)(C)C)c2)C3)cc1. The van der Waals surface area contributed by atoms with Gasteiger partial charge in [-0.1, -0.05) is 62.7 Å². The van der Waals surface area contributed by atoms with Crippen LogP contribution in [0.2, 0.25) is 0 Å². The minimum Gasteiger partial charge on any atom is -0.479 e. The Morgan fingerprint density at radius 2 is 1.46 bits per heavy atom. The molecule has 5 nitrogen and oxygen atoms in total. The molecule has 0 aliphatic carbocycles. The van der Waals surface area contributed by atoms with E-state index in [9.17, 15) is 14.7 Å². The number of carbonyl (C=O) groups is 2. The number of nitrogens with zero attached hydrogens (tertiary/aromatic N) is 1. The first-order chi connectivity index (χ1) is 18.1. The predicted octanol–water partition coefficient (Wildman–Crippen LogP) is 7.67. The molecule has 0 aromatic heterocycles. The zero-order valence-electron chi connectivity index (χ0n) is 24.7. The summed E-state index contributed by atoms with van der Waals surface area (Å²) in [4.78, 5) is 28.3. The van der Waals surface area contributed by atoms with Gasteiger partial charge in [-0.3, -0.25) is 4.79 Å². The Labute approximate surface area is 232 Å².